The topological polar surface area (TPSA) is 142 Å². The van der Waals surface area contributed by atoms with Crippen LogP contribution in [0.4, 0.5) is 22.9 Å². The van der Waals surface area contributed by atoms with E-state index in [4.69, 9.17) is 5.73 Å². The number of aromatic nitrogens is 2. The lowest BCUT2D eigenvalue weighted by Gasteiger charge is -2.27. The normalized spacial score (nSPS) is 10.8. The minimum absolute atomic E-state index is 0.0558. The smallest absolute Gasteiger partial charge is 0.330 e. The van der Waals surface area contributed by atoms with Gasteiger partial charge in [0.15, 0.2) is 0 Å². The second-order valence-corrected chi connectivity index (χ2v) is 8.08. The van der Waals surface area contributed by atoms with E-state index >= 15 is 0 Å². The number of H-pyrrole nitrogens is 1. The summed E-state index contributed by atoms with van der Waals surface area (Å²) >= 11 is 0. The van der Waals surface area contributed by atoms with Crippen molar-refractivity contribution in [3.63, 3.8) is 0 Å². The number of unbranched alkanes of at least 4 members (excludes halogenated alkanes) is 1. The third-order valence-electron chi connectivity index (χ3n) is 4.67. The number of nitrogens with two attached hydrogens (primary N) is 1. The molecule has 0 aliphatic heterocycles. The van der Waals surface area contributed by atoms with Gasteiger partial charge in [-0.25, -0.2) is 4.79 Å². The number of hydrogen-bond acceptors (Lipinski definition) is 6. The summed E-state index contributed by atoms with van der Waals surface area (Å²) in [7, 11) is 0. The predicted octanol–water partition coefficient (Wildman–Crippen LogP) is 1.98. The molecule has 174 valence electrons. The average Bonchev–Trinajstić information content (AvgIpc) is 2.68. The van der Waals surface area contributed by atoms with E-state index in [2.05, 4.69) is 15.6 Å². The van der Waals surface area contributed by atoms with E-state index in [1.54, 1.807) is 29.2 Å². The number of anilines is 4. The number of rotatable bonds is 10. The zero-order chi connectivity index (χ0) is 23.8. The van der Waals surface area contributed by atoms with Gasteiger partial charge in [0, 0.05) is 31.4 Å². The first-order chi connectivity index (χ1) is 15.1. The molecule has 2 amide bonds. The Bertz CT molecular complexity index is 1060. The molecule has 0 saturated carbocycles. The fourth-order valence-corrected chi connectivity index (χ4v) is 3.31. The first kappa shape index (κ1) is 24.7. The molecule has 0 radical (unpaired) electrons. The maximum absolute atomic E-state index is 12.7. The van der Waals surface area contributed by atoms with E-state index < -0.39 is 11.2 Å². The van der Waals surface area contributed by atoms with Gasteiger partial charge in [-0.05, 0) is 36.6 Å². The minimum Gasteiger partial charge on any atom is -0.383 e. The summed E-state index contributed by atoms with van der Waals surface area (Å²) in [5.41, 5.74) is 6.32. The number of nitrogens with one attached hydrogen (secondary N) is 3. The largest absolute Gasteiger partial charge is 0.383 e. The van der Waals surface area contributed by atoms with Crippen LogP contribution in [0.25, 0.3) is 0 Å². The molecular formula is C22H32N6O4. The van der Waals surface area contributed by atoms with E-state index in [1.807, 2.05) is 20.8 Å². The third-order valence-corrected chi connectivity index (χ3v) is 4.67. The Kier molecular flexibility index (Phi) is 8.62. The van der Waals surface area contributed by atoms with Crippen molar-refractivity contribution in [2.24, 2.45) is 5.92 Å². The lowest BCUT2D eigenvalue weighted by Crippen LogP contribution is -2.43. The van der Waals surface area contributed by atoms with Gasteiger partial charge in [-0.1, -0.05) is 27.2 Å². The van der Waals surface area contributed by atoms with Crippen LogP contribution in [-0.4, -0.2) is 34.5 Å². The highest BCUT2D eigenvalue weighted by atomic mass is 16.2. The summed E-state index contributed by atoms with van der Waals surface area (Å²) in [6.45, 7) is 7.99. The minimum atomic E-state index is -0.617. The lowest BCUT2D eigenvalue weighted by atomic mass is 10.2. The molecule has 0 spiro atoms. The molecule has 0 aliphatic rings. The van der Waals surface area contributed by atoms with Gasteiger partial charge in [-0.3, -0.25) is 23.9 Å². The van der Waals surface area contributed by atoms with Crippen LogP contribution in [0.3, 0.4) is 0 Å². The quantitative estimate of drug-likeness (QED) is 0.441. The number of carbonyl (C=O) groups excluding carboxylic acids is 2. The lowest BCUT2D eigenvalue weighted by molar-refractivity contribution is -0.115. The van der Waals surface area contributed by atoms with Crippen molar-refractivity contribution in [3.8, 4) is 0 Å². The molecule has 0 aliphatic carbocycles. The fourth-order valence-electron chi connectivity index (χ4n) is 3.31. The SMILES string of the molecule is CCCCn1c(N)c(N(CC(=O)Nc2ccc(NC(C)=O)cc2)CC(C)C)c(=O)[nH]c1=O. The summed E-state index contributed by atoms with van der Waals surface area (Å²) in [6, 6.07) is 6.69. The van der Waals surface area contributed by atoms with Crippen LogP contribution < -0.4 is 32.5 Å². The van der Waals surface area contributed by atoms with E-state index in [0.29, 0.717) is 24.5 Å². The maximum Gasteiger partial charge on any atom is 0.330 e. The Morgan fingerprint density at radius 1 is 1.12 bits per heavy atom. The summed E-state index contributed by atoms with van der Waals surface area (Å²) in [6.07, 6.45) is 1.59. The Balaban J connectivity index is 2.27. The third kappa shape index (κ3) is 6.73. The van der Waals surface area contributed by atoms with E-state index in [1.165, 1.54) is 11.5 Å². The standard InChI is InChI=1S/C22H32N6O4/c1-5-6-11-28-20(23)19(21(31)26-22(28)32)27(12-14(2)3)13-18(30)25-17-9-7-16(8-10-17)24-15(4)29/h7-10,14H,5-6,11-13,23H2,1-4H3,(H,24,29)(H,25,30)(H,26,31,32). The molecule has 1 aromatic heterocycles. The summed E-state index contributed by atoms with van der Waals surface area (Å²) in [5, 5.41) is 5.44. The molecule has 0 saturated heterocycles. The second kappa shape index (κ2) is 11.2. The molecule has 1 heterocycles. The highest BCUT2D eigenvalue weighted by Crippen LogP contribution is 2.19. The van der Waals surface area contributed by atoms with Gasteiger partial charge in [-0.2, -0.15) is 0 Å². The molecule has 32 heavy (non-hydrogen) atoms. The number of nitrogen functional groups attached to an aromatic ring is 1. The van der Waals surface area contributed by atoms with Crippen LogP contribution in [-0.2, 0) is 16.1 Å². The molecule has 0 atom stereocenters. The molecule has 10 heteroatoms. The molecule has 2 rings (SSSR count). The predicted molar refractivity (Wildman–Crippen MR) is 127 cm³/mol. The van der Waals surface area contributed by atoms with Gasteiger partial charge in [0.25, 0.3) is 5.56 Å². The maximum atomic E-state index is 12.7. The summed E-state index contributed by atoms with van der Waals surface area (Å²) in [5.74, 6) is -0.341. The zero-order valence-electron chi connectivity index (χ0n) is 19.0. The number of aromatic amines is 1. The molecule has 0 bridgehead atoms. The van der Waals surface area contributed by atoms with Gasteiger partial charge >= 0.3 is 5.69 Å². The zero-order valence-corrected chi connectivity index (χ0v) is 19.0. The number of nitrogens with zero attached hydrogens (tertiary/aromatic N) is 2. The van der Waals surface area contributed by atoms with Crippen molar-refractivity contribution in [2.45, 2.75) is 47.1 Å². The molecule has 1 aromatic carbocycles. The van der Waals surface area contributed by atoms with Gasteiger partial charge in [0.1, 0.15) is 11.5 Å². The van der Waals surface area contributed by atoms with Crippen LogP contribution >= 0.6 is 0 Å². The van der Waals surface area contributed by atoms with Gasteiger partial charge < -0.3 is 21.3 Å². The van der Waals surface area contributed by atoms with Gasteiger partial charge in [-0.15, -0.1) is 0 Å². The van der Waals surface area contributed by atoms with Crippen LogP contribution in [0.1, 0.15) is 40.5 Å². The van der Waals surface area contributed by atoms with E-state index in [9.17, 15) is 19.2 Å². The first-order valence-electron chi connectivity index (χ1n) is 10.7. The van der Waals surface area contributed by atoms with E-state index in [0.717, 1.165) is 12.8 Å². The number of carbonyl (C=O) groups is 2. The van der Waals surface area contributed by atoms with Crippen LogP contribution in [0, 0.1) is 5.92 Å². The van der Waals surface area contributed by atoms with Crippen molar-refractivity contribution in [2.75, 3.05) is 34.4 Å². The number of benzene rings is 1. The highest BCUT2D eigenvalue weighted by Gasteiger charge is 2.22. The monoisotopic (exact) mass is 444 g/mol. The molecule has 10 nitrogen and oxygen atoms in total. The van der Waals surface area contributed by atoms with Crippen LogP contribution in [0.5, 0.6) is 0 Å². The highest BCUT2D eigenvalue weighted by molar-refractivity contribution is 5.95. The molecular weight excluding hydrogens is 412 g/mol. The Hall–Kier alpha value is -3.56. The van der Waals surface area contributed by atoms with Crippen molar-refractivity contribution in [1.29, 1.82) is 0 Å². The number of hydrogen-bond donors (Lipinski definition) is 4. The van der Waals surface area contributed by atoms with Crippen molar-refractivity contribution in [3.05, 3.63) is 45.1 Å². The van der Waals surface area contributed by atoms with Crippen molar-refractivity contribution in [1.82, 2.24) is 9.55 Å². The fraction of sp³-hybridized carbons (Fsp3) is 0.455. The first-order valence-corrected chi connectivity index (χ1v) is 10.7. The molecule has 0 unspecified atom stereocenters. The van der Waals surface area contributed by atoms with Gasteiger partial charge in [0.05, 0.1) is 6.54 Å². The average molecular weight is 445 g/mol. The van der Waals surface area contributed by atoms with Crippen molar-refractivity contribution < 1.29 is 9.59 Å². The Morgan fingerprint density at radius 3 is 2.25 bits per heavy atom. The van der Waals surface area contributed by atoms with Crippen LogP contribution in [0.2, 0.25) is 0 Å². The molecule has 0 fully saturated rings. The van der Waals surface area contributed by atoms with Crippen LogP contribution in [0.15, 0.2) is 33.9 Å². The van der Waals surface area contributed by atoms with Crippen molar-refractivity contribution >= 4 is 34.7 Å². The van der Waals surface area contributed by atoms with E-state index in [-0.39, 0.29) is 35.8 Å². The Labute approximate surface area is 186 Å². The Morgan fingerprint density at radius 2 is 1.72 bits per heavy atom. The molecule has 2 aromatic rings. The summed E-state index contributed by atoms with van der Waals surface area (Å²) in [4.78, 5) is 52.6. The van der Waals surface area contributed by atoms with Gasteiger partial charge in [0.2, 0.25) is 11.8 Å². The summed E-state index contributed by atoms with van der Waals surface area (Å²) < 4.78 is 1.34. The number of amides is 2. The molecule has 5 N–H and O–H groups in total. The second-order valence-electron chi connectivity index (χ2n) is 8.08.